The van der Waals surface area contributed by atoms with Crippen LogP contribution in [0.5, 0.6) is 0 Å². The normalized spacial score (nSPS) is 17.6. The summed E-state index contributed by atoms with van der Waals surface area (Å²) in [6, 6.07) is 8.43. The van der Waals surface area contributed by atoms with Crippen LogP contribution in [-0.4, -0.2) is 63.0 Å². The summed E-state index contributed by atoms with van der Waals surface area (Å²) in [5.41, 5.74) is 10.2. The largest absolute Gasteiger partial charge is 0.378 e. The van der Waals surface area contributed by atoms with E-state index in [4.69, 9.17) is 10.5 Å². The maximum Gasteiger partial charge on any atom is 0.267 e. The molecule has 0 unspecified atom stereocenters. The summed E-state index contributed by atoms with van der Waals surface area (Å²) in [4.78, 5) is 21.0. The molecule has 3 rings (SSSR count). The topological polar surface area (TPSA) is 71.2 Å². The third-order valence-corrected chi connectivity index (χ3v) is 5.13. The summed E-state index contributed by atoms with van der Waals surface area (Å²) in [5.74, 6) is -0.436. The molecular weight excluding hydrogens is 340 g/mol. The van der Waals surface area contributed by atoms with Crippen LogP contribution in [0.2, 0.25) is 0 Å². The monoisotopic (exact) mass is 370 g/mol. The van der Waals surface area contributed by atoms with E-state index in [-0.39, 0.29) is 0 Å². The fraction of sp³-hybridized carbons (Fsp3) is 0.524. The highest BCUT2D eigenvalue weighted by atomic mass is 16.5. The molecule has 2 heterocycles. The number of hydrogen-bond donors (Lipinski definition) is 1. The standard InChI is InChI=1S/C21H30N4O2/c1-3-4-9-24(2)15-17-14-19(23-20(17)21(22)26)16-5-7-18(8-6-16)25-10-12-27-13-11-25/h5-8H,3-4,9-15H2,1-2H3,(H2,22,26). The van der Waals surface area contributed by atoms with Gasteiger partial charge < -0.3 is 20.3 Å². The number of aliphatic imine (C=N–C) groups is 1. The fourth-order valence-corrected chi connectivity index (χ4v) is 3.59. The number of anilines is 1. The fourth-order valence-electron chi connectivity index (χ4n) is 3.59. The maximum absolute atomic E-state index is 11.9. The summed E-state index contributed by atoms with van der Waals surface area (Å²) < 4.78 is 5.41. The number of amides is 1. The number of nitrogens with zero attached hydrogens (tertiary/aromatic N) is 3. The minimum atomic E-state index is -0.436. The third kappa shape index (κ3) is 4.96. The minimum Gasteiger partial charge on any atom is -0.378 e. The average Bonchev–Trinajstić information content (AvgIpc) is 3.11. The summed E-state index contributed by atoms with van der Waals surface area (Å²) in [6.07, 6.45) is 2.99. The van der Waals surface area contributed by atoms with Crippen LogP contribution in [0.3, 0.4) is 0 Å². The van der Waals surface area contributed by atoms with E-state index in [2.05, 4.69) is 53.0 Å². The Balaban J connectivity index is 1.69. The first-order valence-corrected chi connectivity index (χ1v) is 9.79. The van der Waals surface area contributed by atoms with Crippen molar-refractivity contribution >= 4 is 17.3 Å². The van der Waals surface area contributed by atoms with Crippen LogP contribution < -0.4 is 10.6 Å². The van der Waals surface area contributed by atoms with E-state index in [1.165, 1.54) is 5.69 Å². The second-order valence-electron chi connectivity index (χ2n) is 7.29. The smallest absolute Gasteiger partial charge is 0.267 e. The van der Waals surface area contributed by atoms with Crippen molar-refractivity contribution in [2.24, 2.45) is 10.7 Å². The molecule has 1 aromatic rings. The highest BCUT2D eigenvalue weighted by Gasteiger charge is 2.23. The number of unbranched alkanes of at least 4 members (excludes halogenated alkanes) is 1. The Bertz CT molecular complexity index is 718. The van der Waals surface area contributed by atoms with E-state index in [1.807, 2.05) is 0 Å². The first-order chi connectivity index (χ1) is 13.1. The lowest BCUT2D eigenvalue weighted by atomic mass is 10.0. The van der Waals surface area contributed by atoms with E-state index in [1.54, 1.807) is 0 Å². The van der Waals surface area contributed by atoms with Gasteiger partial charge in [-0.15, -0.1) is 0 Å². The highest BCUT2D eigenvalue weighted by Crippen LogP contribution is 2.26. The van der Waals surface area contributed by atoms with E-state index in [0.717, 1.165) is 69.1 Å². The predicted octanol–water partition coefficient (Wildman–Crippen LogP) is 2.19. The molecule has 27 heavy (non-hydrogen) atoms. The van der Waals surface area contributed by atoms with Crippen molar-refractivity contribution in [2.45, 2.75) is 26.2 Å². The number of primary amides is 1. The summed E-state index contributed by atoms with van der Waals surface area (Å²) >= 11 is 0. The van der Waals surface area contributed by atoms with Gasteiger partial charge in [-0.1, -0.05) is 25.5 Å². The number of nitrogens with two attached hydrogens (primary N) is 1. The molecule has 1 amide bonds. The van der Waals surface area contributed by atoms with Crippen molar-refractivity contribution in [3.63, 3.8) is 0 Å². The molecule has 1 saturated heterocycles. The Morgan fingerprint density at radius 2 is 1.96 bits per heavy atom. The molecule has 1 aromatic carbocycles. The van der Waals surface area contributed by atoms with Gasteiger partial charge in [0.1, 0.15) is 5.70 Å². The van der Waals surface area contributed by atoms with Crippen molar-refractivity contribution in [1.82, 2.24) is 4.90 Å². The van der Waals surface area contributed by atoms with E-state index < -0.39 is 5.91 Å². The van der Waals surface area contributed by atoms with Crippen LogP contribution in [0.15, 0.2) is 40.5 Å². The van der Waals surface area contributed by atoms with Gasteiger partial charge in [0.2, 0.25) is 0 Å². The predicted molar refractivity (Wildman–Crippen MR) is 109 cm³/mol. The molecule has 1 fully saturated rings. The number of likely N-dealkylation sites (N-methyl/N-ethyl adjacent to an activating group) is 1. The molecule has 2 aliphatic heterocycles. The molecule has 0 saturated carbocycles. The number of benzene rings is 1. The number of ether oxygens (including phenoxy) is 1. The van der Waals surface area contributed by atoms with Crippen LogP contribution in [-0.2, 0) is 9.53 Å². The Morgan fingerprint density at radius 3 is 2.59 bits per heavy atom. The van der Waals surface area contributed by atoms with Crippen molar-refractivity contribution in [1.29, 1.82) is 0 Å². The van der Waals surface area contributed by atoms with E-state index in [0.29, 0.717) is 12.1 Å². The lowest BCUT2D eigenvalue weighted by molar-refractivity contribution is -0.114. The van der Waals surface area contributed by atoms with Crippen LogP contribution in [0.4, 0.5) is 5.69 Å². The molecule has 2 aliphatic rings. The Hall–Kier alpha value is -2.18. The van der Waals surface area contributed by atoms with Gasteiger partial charge >= 0.3 is 0 Å². The van der Waals surface area contributed by atoms with Crippen LogP contribution >= 0.6 is 0 Å². The van der Waals surface area contributed by atoms with Crippen molar-refractivity contribution < 1.29 is 9.53 Å². The number of morpholine rings is 1. The zero-order valence-electron chi connectivity index (χ0n) is 16.4. The van der Waals surface area contributed by atoms with E-state index in [9.17, 15) is 4.79 Å². The SMILES string of the molecule is CCCCN(C)CC1=C(C(N)=O)N=C(c2ccc(N3CCOCC3)cc2)C1. The molecule has 2 N–H and O–H groups in total. The van der Waals surface area contributed by atoms with Gasteiger partial charge in [-0.05, 0) is 43.3 Å². The van der Waals surface area contributed by atoms with Gasteiger partial charge in [0.15, 0.2) is 0 Å². The zero-order valence-corrected chi connectivity index (χ0v) is 16.4. The Labute approximate surface area is 161 Å². The molecule has 0 aliphatic carbocycles. The number of carbonyl (C=O) groups excluding carboxylic acids is 1. The molecule has 0 aromatic heterocycles. The Kier molecular flexibility index (Phi) is 6.63. The maximum atomic E-state index is 11.9. The highest BCUT2D eigenvalue weighted by molar-refractivity contribution is 6.09. The average molecular weight is 370 g/mol. The number of rotatable bonds is 8. The van der Waals surface area contributed by atoms with Crippen molar-refractivity contribution in [2.75, 3.05) is 51.3 Å². The second kappa shape index (κ2) is 9.15. The van der Waals surface area contributed by atoms with Crippen molar-refractivity contribution in [3.8, 4) is 0 Å². The molecular formula is C21H30N4O2. The van der Waals surface area contributed by atoms with Gasteiger partial charge in [-0.25, -0.2) is 4.99 Å². The quantitative estimate of drug-likeness (QED) is 0.761. The van der Waals surface area contributed by atoms with Gasteiger partial charge in [0.05, 0.1) is 18.9 Å². The van der Waals surface area contributed by atoms with Gasteiger partial charge in [0.25, 0.3) is 5.91 Å². The molecule has 146 valence electrons. The van der Waals surface area contributed by atoms with Gasteiger partial charge in [-0.3, -0.25) is 4.79 Å². The first kappa shape index (κ1) is 19.6. The molecule has 0 spiro atoms. The molecule has 6 nitrogen and oxygen atoms in total. The lowest BCUT2D eigenvalue weighted by Gasteiger charge is -2.28. The molecule has 0 radical (unpaired) electrons. The van der Waals surface area contributed by atoms with E-state index >= 15 is 0 Å². The third-order valence-electron chi connectivity index (χ3n) is 5.13. The number of hydrogen-bond acceptors (Lipinski definition) is 5. The summed E-state index contributed by atoms with van der Waals surface area (Å²) in [5, 5.41) is 0. The molecule has 0 atom stereocenters. The minimum absolute atomic E-state index is 0.436. The van der Waals surface area contributed by atoms with Gasteiger partial charge in [0, 0.05) is 31.7 Å². The van der Waals surface area contributed by atoms with Gasteiger partial charge in [-0.2, -0.15) is 0 Å². The molecule has 0 bridgehead atoms. The summed E-state index contributed by atoms with van der Waals surface area (Å²) in [7, 11) is 2.08. The zero-order chi connectivity index (χ0) is 19.2. The Morgan fingerprint density at radius 1 is 1.26 bits per heavy atom. The number of carbonyl (C=O) groups is 1. The summed E-state index contributed by atoms with van der Waals surface area (Å²) in [6.45, 7) is 7.31. The molecule has 6 heteroatoms. The second-order valence-corrected chi connectivity index (χ2v) is 7.29. The van der Waals surface area contributed by atoms with Crippen LogP contribution in [0, 0.1) is 0 Å². The van der Waals surface area contributed by atoms with Crippen LogP contribution in [0.1, 0.15) is 31.7 Å². The lowest BCUT2D eigenvalue weighted by Crippen LogP contribution is -2.36. The van der Waals surface area contributed by atoms with Crippen molar-refractivity contribution in [3.05, 3.63) is 41.1 Å². The van der Waals surface area contributed by atoms with Crippen LogP contribution in [0.25, 0.3) is 0 Å². The first-order valence-electron chi connectivity index (χ1n) is 9.79.